The summed E-state index contributed by atoms with van der Waals surface area (Å²) in [6.07, 6.45) is 5.09. The Kier molecular flexibility index (Phi) is 2.18. The van der Waals surface area contributed by atoms with Gasteiger partial charge in [0.15, 0.2) is 0 Å². The van der Waals surface area contributed by atoms with Crippen LogP contribution in [0.3, 0.4) is 0 Å². The van der Waals surface area contributed by atoms with E-state index in [0.717, 1.165) is 0 Å². The number of carbonyl (C=O) groups excluding carboxylic acids is 1. The Hall–Kier alpha value is -1.83. The van der Waals surface area contributed by atoms with Gasteiger partial charge in [-0.2, -0.15) is 10.4 Å². The average molecular weight is 230 g/mol. The SMILES string of the molecule is Cn1ncc(C#N)c1NC(=O)C1C2CCCC21. The second kappa shape index (κ2) is 3.59. The molecule has 0 spiro atoms. The minimum atomic E-state index is 0.0554. The molecule has 0 aromatic carbocycles. The second-order valence-electron chi connectivity index (χ2n) is 4.92. The van der Waals surface area contributed by atoms with Crippen LogP contribution in [0.1, 0.15) is 24.8 Å². The number of aryl methyl sites for hydroxylation is 1. The molecule has 1 amide bonds. The van der Waals surface area contributed by atoms with Crippen LogP contribution in [0, 0.1) is 29.1 Å². The van der Waals surface area contributed by atoms with Gasteiger partial charge < -0.3 is 5.32 Å². The number of nitriles is 1. The van der Waals surface area contributed by atoms with Gasteiger partial charge in [-0.3, -0.25) is 9.48 Å². The molecule has 1 aromatic rings. The van der Waals surface area contributed by atoms with Crippen molar-refractivity contribution in [1.82, 2.24) is 9.78 Å². The van der Waals surface area contributed by atoms with Crippen LogP contribution in [0.2, 0.25) is 0 Å². The van der Waals surface area contributed by atoms with Crippen LogP contribution in [-0.4, -0.2) is 15.7 Å². The summed E-state index contributed by atoms with van der Waals surface area (Å²) in [5.74, 6) is 1.93. The zero-order chi connectivity index (χ0) is 12.0. The van der Waals surface area contributed by atoms with E-state index in [1.165, 1.54) is 30.1 Å². The van der Waals surface area contributed by atoms with E-state index in [1.54, 1.807) is 7.05 Å². The van der Waals surface area contributed by atoms with Crippen LogP contribution in [-0.2, 0) is 11.8 Å². The molecule has 5 nitrogen and oxygen atoms in total. The number of anilines is 1. The normalized spacial score (nSPS) is 29.5. The van der Waals surface area contributed by atoms with Gasteiger partial charge in [0.05, 0.1) is 6.20 Å². The first-order valence-electron chi connectivity index (χ1n) is 5.95. The van der Waals surface area contributed by atoms with Crippen molar-refractivity contribution >= 4 is 11.7 Å². The van der Waals surface area contributed by atoms with E-state index in [-0.39, 0.29) is 11.8 Å². The second-order valence-corrected chi connectivity index (χ2v) is 4.92. The largest absolute Gasteiger partial charge is 0.310 e. The highest BCUT2D eigenvalue weighted by Gasteiger charge is 2.56. The van der Waals surface area contributed by atoms with Crippen molar-refractivity contribution in [2.24, 2.45) is 24.8 Å². The molecule has 1 N–H and O–H groups in total. The zero-order valence-corrected chi connectivity index (χ0v) is 9.68. The predicted octanol–water partition coefficient (Wildman–Crippen LogP) is 1.28. The first kappa shape index (κ1) is 10.3. The monoisotopic (exact) mass is 230 g/mol. The quantitative estimate of drug-likeness (QED) is 0.831. The van der Waals surface area contributed by atoms with Crippen LogP contribution < -0.4 is 5.32 Å². The van der Waals surface area contributed by atoms with Gasteiger partial charge in [-0.05, 0) is 24.7 Å². The summed E-state index contributed by atoms with van der Waals surface area (Å²) in [4.78, 5) is 12.0. The number of rotatable bonds is 2. The average Bonchev–Trinajstić information content (AvgIpc) is 2.68. The Bertz CT molecular complexity index is 503. The lowest BCUT2D eigenvalue weighted by molar-refractivity contribution is -0.118. The Morgan fingerprint density at radius 2 is 2.29 bits per heavy atom. The van der Waals surface area contributed by atoms with Crippen molar-refractivity contribution in [3.05, 3.63) is 11.8 Å². The minimum absolute atomic E-state index is 0.0554. The maximum Gasteiger partial charge on any atom is 0.229 e. The molecular formula is C12H14N4O. The van der Waals surface area contributed by atoms with Crippen LogP contribution in [0.25, 0.3) is 0 Å². The van der Waals surface area contributed by atoms with Crippen molar-refractivity contribution < 1.29 is 4.79 Å². The standard InChI is InChI=1S/C12H14N4O/c1-16-11(7(5-13)6-14-16)15-12(17)10-8-3-2-4-9(8)10/h6,8-10H,2-4H2,1H3,(H,15,17). The maximum absolute atomic E-state index is 12.0. The number of carbonyl (C=O) groups is 1. The Balaban J connectivity index is 1.73. The van der Waals surface area contributed by atoms with Gasteiger partial charge in [0.1, 0.15) is 17.5 Å². The van der Waals surface area contributed by atoms with Crippen molar-refractivity contribution in [1.29, 1.82) is 5.26 Å². The fraction of sp³-hybridized carbons (Fsp3) is 0.583. The van der Waals surface area contributed by atoms with Crippen LogP contribution in [0.5, 0.6) is 0 Å². The molecular weight excluding hydrogens is 216 g/mol. The molecule has 0 radical (unpaired) electrons. The van der Waals surface area contributed by atoms with Crippen LogP contribution >= 0.6 is 0 Å². The van der Waals surface area contributed by atoms with Gasteiger partial charge in [0.25, 0.3) is 0 Å². The van der Waals surface area contributed by atoms with Gasteiger partial charge in [-0.15, -0.1) is 0 Å². The van der Waals surface area contributed by atoms with E-state index >= 15 is 0 Å². The van der Waals surface area contributed by atoms with Crippen molar-refractivity contribution in [2.45, 2.75) is 19.3 Å². The highest BCUT2D eigenvalue weighted by Crippen LogP contribution is 2.57. The summed E-state index contributed by atoms with van der Waals surface area (Å²) in [7, 11) is 1.73. The molecule has 2 aliphatic rings. The summed E-state index contributed by atoms with van der Waals surface area (Å²) in [6, 6.07) is 2.03. The third kappa shape index (κ3) is 1.52. The Morgan fingerprint density at radius 1 is 1.59 bits per heavy atom. The van der Waals surface area contributed by atoms with Gasteiger partial charge >= 0.3 is 0 Å². The number of hydrogen-bond donors (Lipinski definition) is 1. The van der Waals surface area contributed by atoms with E-state index < -0.39 is 0 Å². The molecule has 1 heterocycles. The highest BCUT2D eigenvalue weighted by atomic mass is 16.2. The number of aromatic nitrogens is 2. The molecule has 3 rings (SSSR count). The van der Waals surface area contributed by atoms with Gasteiger partial charge in [-0.25, -0.2) is 0 Å². The van der Waals surface area contributed by atoms with E-state index in [1.807, 2.05) is 6.07 Å². The summed E-state index contributed by atoms with van der Waals surface area (Å²) in [5.41, 5.74) is 0.423. The van der Waals surface area contributed by atoms with Crippen molar-refractivity contribution in [3.63, 3.8) is 0 Å². The minimum Gasteiger partial charge on any atom is -0.310 e. The molecule has 2 atom stereocenters. The highest BCUT2D eigenvalue weighted by molar-refractivity contribution is 5.95. The molecule has 0 bridgehead atoms. The predicted molar refractivity (Wildman–Crippen MR) is 60.9 cm³/mol. The summed E-state index contributed by atoms with van der Waals surface area (Å²) >= 11 is 0. The molecule has 2 saturated carbocycles. The maximum atomic E-state index is 12.0. The lowest BCUT2D eigenvalue weighted by Gasteiger charge is -2.07. The van der Waals surface area contributed by atoms with Gasteiger partial charge in [-0.1, -0.05) is 6.42 Å². The van der Waals surface area contributed by atoms with E-state index in [4.69, 9.17) is 5.26 Å². The van der Waals surface area contributed by atoms with Gasteiger partial charge in [0, 0.05) is 13.0 Å². The fourth-order valence-corrected chi connectivity index (χ4v) is 3.08. The number of nitrogens with one attached hydrogen (secondary N) is 1. The summed E-state index contributed by atoms with van der Waals surface area (Å²) < 4.78 is 1.54. The summed E-state index contributed by atoms with van der Waals surface area (Å²) in [5, 5.41) is 15.7. The number of fused-ring (bicyclic) bond motifs is 1. The lowest BCUT2D eigenvalue weighted by atomic mass is 10.1. The van der Waals surface area contributed by atoms with Crippen LogP contribution in [0.4, 0.5) is 5.82 Å². The molecule has 0 saturated heterocycles. The third-order valence-electron chi connectivity index (χ3n) is 4.01. The fourth-order valence-electron chi connectivity index (χ4n) is 3.08. The third-order valence-corrected chi connectivity index (χ3v) is 4.01. The first-order chi connectivity index (χ1) is 8.22. The molecule has 2 aliphatic carbocycles. The van der Waals surface area contributed by atoms with E-state index in [2.05, 4.69) is 10.4 Å². The lowest BCUT2D eigenvalue weighted by Crippen LogP contribution is -2.19. The number of hydrogen-bond acceptors (Lipinski definition) is 3. The van der Waals surface area contributed by atoms with Crippen LogP contribution in [0.15, 0.2) is 6.20 Å². The molecule has 2 unspecified atom stereocenters. The molecule has 5 heteroatoms. The topological polar surface area (TPSA) is 70.7 Å². The Labute approximate surface area is 99.4 Å². The van der Waals surface area contributed by atoms with Gasteiger partial charge in [0.2, 0.25) is 5.91 Å². The number of nitrogens with zero attached hydrogens (tertiary/aromatic N) is 3. The van der Waals surface area contributed by atoms with E-state index in [9.17, 15) is 4.79 Å². The summed E-state index contributed by atoms with van der Waals surface area (Å²) in [6.45, 7) is 0. The molecule has 2 fully saturated rings. The molecule has 1 aromatic heterocycles. The van der Waals surface area contributed by atoms with E-state index in [0.29, 0.717) is 23.2 Å². The molecule has 17 heavy (non-hydrogen) atoms. The van der Waals surface area contributed by atoms with Crippen molar-refractivity contribution in [3.8, 4) is 6.07 Å². The number of amides is 1. The van der Waals surface area contributed by atoms with Crippen molar-refractivity contribution in [2.75, 3.05) is 5.32 Å². The Morgan fingerprint density at radius 3 is 2.94 bits per heavy atom. The molecule has 0 aliphatic heterocycles. The molecule has 88 valence electrons. The smallest absolute Gasteiger partial charge is 0.229 e. The zero-order valence-electron chi connectivity index (χ0n) is 9.68. The first-order valence-corrected chi connectivity index (χ1v) is 5.95.